The Morgan fingerprint density at radius 2 is 1.38 bits per heavy atom. The fourth-order valence-electron chi connectivity index (χ4n) is 2.83. The van der Waals surface area contributed by atoms with Crippen LogP contribution in [0.15, 0.2) is 86.9 Å². The number of rotatable bonds is 6. The highest BCUT2D eigenvalue weighted by atomic mass is 19.4. The summed E-state index contributed by atoms with van der Waals surface area (Å²) in [7, 11) is 0. The number of alkyl halides is 3. The van der Waals surface area contributed by atoms with Crippen molar-refractivity contribution in [1.82, 2.24) is 9.72 Å². The van der Waals surface area contributed by atoms with Gasteiger partial charge in [0.05, 0.1) is 12.1 Å². The van der Waals surface area contributed by atoms with Crippen LogP contribution in [0.5, 0.6) is 23.0 Å². The van der Waals surface area contributed by atoms with Crippen LogP contribution in [0, 0.1) is 0 Å². The van der Waals surface area contributed by atoms with Gasteiger partial charge in [-0.25, -0.2) is 14.6 Å². The number of H-pyrrole nitrogens is 1. The summed E-state index contributed by atoms with van der Waals surface area (Å²) in [5, 5.41) is 0. The summed E-state index contributed by atoms with van der Waals surface area (Å²) in [5.74, 6) is 0.776. The van der Waals surface area contributed by atoms with E-state index < -0.39 is 23.2 Å². The number of aromatic nitrogens is 2. The first kappa shape index (κ1) is 21.0. The molecule has 0 aliphatic heterocycles. The largest absolute Gasteiger partial charge is 0.457 e. The normalized spacial score (nSPS) is 11.3. The molecule has 0 saturated heterocycles. The van der Waals surface area contributed by atoms with Crippen LogP contribution in [-0.2, 0) is 12.7 Å². The fraction of sp³-hybridized carbons (Fsp3) is 0.0909. The van der Waals surface area contributed by atoms with Crippen LogP contribution >= 0.6 is 0 Å². The number of hydrogen-bond donors (Lipinski definition) is 1. The zero-order valence-electron chi connectivity index (χ0n) is 16.3. The Hall–Kier alpha value is -4.21. The zero-order chi connectivity index (χ0) is 22.7. The van der Waals surface area contributed by atoms with Crippen molar-refractivity contribution in [1.29, 1.82) is 0 Å². The highest BCUT2D eigenvalue weighted by Gasteiger charge is 2.30. The number of nitrogens with one attached hydrogen (secondary N) is 1. The molecular weight excluding hydrogens is 429 g/mol. The minimum Gasteiger partial charge on any atom is -0.457 e. The molecule has 4 aromatic rings. The molecule has 0 aliphatic rings. The molecule has 0 fully saturated rings. The van der Waals surface area contributed by atoms with Crippen molar-refractivity contribution in [3.05, 3.63) is 105 Å². The van der Waals surface area contributed by atoms with Gasteiger partial charge in [-0.05, 0) is 54.1 Å². The highest BCUT2D eigenvalue weighted by Crippen LogP contribution is 2.32. The van der Waals surface area contributed by atoms with Gasteiger partial charge in [-0.15, -0.1) is 4.74 Å². The molecule has 164 valence electrons. The number of halogens is 3. The number of aromatic amines is 1. The van der Waals surface area contributed by atoms with Crippen LogP contribution in [0.1, 0.15) is 11.1 Å². The Kier molecular flexibility index (Phi) is 5.59. The zero-order valence-corrected chi connectivity index (χ0v) is 16.3. The van der Waals surface area contributed by atoms with Crippen molar-refractivity contribution in [2.45, 2.75) is 12.7 Å². The van der Waals surface area contributed by atoms with Crippen LogP contribution in [0.3, 0.4) is 0 Å². The SMILES string of the molecule is O=c1[nH]c(=O)n(Cc2ccc(Oc3cccc(Oc4ccc(C(F)(F)F)cc4)c3)cc2)o1. The summed E-state index contributed by atoms with van der Waals surface area (Å²) >= 11 is 0. The van der Waals surface area contributed by atoms with Crippen LogP contribution < -0.4 is 20.9 Å². The standard InChI is InChI=1S/C22H15F3N2O5/c23-22(24,25)15-6-10-17(11-7-15)31-19-3-1-2-18(12-19)30-16-8-4-14(5-9-16)13-27-20(28)26-21(29)32-27/h1-12H,13H2,(H,26,28,29). The molecule has 0 amide bonds. The summed E-state index contributed by atoms with van der Waals surface area (Å²) in [4.78, 5) is 24.5. The number of benzene rings is 3. The van der Waals surface area contributed by atoms with Crippen molar-refractivity contribution in [3.8, 4) is 23.0 Å². The van der Waals surface area contributed by atoms with Gasteiger partial charge < -0.3 is 14.0 Å². The Balaban J connectivity index is 1.42. The van der Waals surface area contributed by atoms with Gasteiger partial charge in [-0.2, -0.15) is 13.2 Å². The van der Waals surface area contributed by atoms with Crippen molar-refractivity contribution >= 4 is 0 Å². The van der Waals surface area contributed by atoms with E-state index in [0.717, 1.165) is 16.9 Å². The van der Waals surface area contributed by atoms with E-state index in [1.165, 1.54) is 12.1 Å². The minimum atomic E-state index is -4.41. The molecule has 1 N–H and O–H groups in total. The molecule has 10 heteroatoms. The van der Waals surface area contributed by atoms with E-state index in [-0.39, 0.29) is 12.3 Å². The third-order valence-electron chi connectivity index (χ3n) is 4.34. The monoisotopic (exact) mass is 444 g/mol. The number of nitrogens with zero attached hydrogens (tertiary/aromatic N) is 1. The molecule has 0 saturated carbocycles. The third-order valence-corrected chi connectivity index (χ3v) is 4.34. The molecule has 7 nitrogen and oxygen atoms in total. The lowest BCUT2D eigenvalue weighted by atomic mass is 10.2. The number of ether oxygens (including phenoxy) is 2. The van der Waals surface area contributed by atoms with Gasteiger partial charge in [-0.3, -0.25) is 0 Å². The van der Waals surface area contributed by atoms with E-state index in [9.17, 15) is 22.8 Å². The molecule has 0 unspecified atom stereocenters. The van der Waals surface area contributed by atoms with Gasteiger partial charge in [0.1, 0.15) is 23.0 Å². The highest BCUT2D eigenvalue weighted by molar-refractivity contribution is 5.40. The van der Waals surface area contributed by atoms with Crippen molar-refractivity contribution in [2.75, 3.05) is 0 Å². The first-order valence-corrected chi connectivity index (χ1v) is 9.29. The topological polar surface area (TPSA) is 86.5 Å². The van der Waals surface area contributed by atoms with Crippen LogP contribution in [0.4, 0.5) is 13.2 Å². The molecular formula is C22H15F3N2O5. The molecule has 0 spiro atoms. The Morgan fingerprint density at radius 3 is 1.88 bits per heavy atom. The molecule has 0 aliphatic carbocycles. The van der Waals surface area contributed by atoms with E-state index in [4.69, 9.17) is 14.0 Å². The fourth-order valence-corrected chi connectivity index (χ4v) is 2.83. The summed E-state index contributed by atoms with van der Waals surface area (Å²) in [6.07, 6.45) is -4.41. The second-order valence-corrected chi connectivity index (χ2v) is 6.69. The maximum absolute atomic E-state index is 12.7. The van der Waals surface area contributed by atoms with Gasteiger partial charge in [0.15, 0.2) is 0 Å². The summed E-state index contributed by atoms with van der Waals surface area (Å²) in [5.41, 5.74) is -0.685. The Morgan fingerprint density at radius 1 is 0.812 bits per heavy atom. The smallest absolute Gasteiger partial charge is 0.440 e. The molecule has 4 rings (SSSR count). The van der Waals surface area contributed by atoms with E-state index >= 15 is 0 Å². The van der Waals surface area contributed by atoms with Gasteiger partial charge >= 0.3 is 17.6 Å². The van der Waals surface area contributed by atoms with Crippen LogP contribution in [0.25, 0.3) is 0 Å². The van der Waals surface area contributed by atoms with Gasteiger partial charge in [0.2, 0.25) is 0 Å². The molecule has 0 atom stereocenters. The minimum absolute atomic E-state index is 0.0777. The molecule has 3 aromatic carbocycles. The molecule has 1 aromatic heterocycles. The maximum Gasteiger partial charge on any atom is 0.440 e. The maximum atomic E-state index is 12.7. The lowest BCUT2D eigenvalue weighted by molar-refractivity contribution is -0.137. The van der Waals surface area contributed by atoms with Crippen LogP contribution in [-0.4, -0.2) is 9.72 Å². The predicted molar refractivity (Wildman–Crippen MR) is 107 cm³/mol. The lowest BCUT2D eigenvalue weighted by Gasteiger charge is -2.11. The molecule has 1 heterocycles. The van der Waals surface area contributed by atoms with Crippen LogP contribution in [0.2, 0.25) is 0 Å². The summed E-state index contributed by atoms with van der Waals surface area (Å²) in [6, 6.07) is 17.8. The first-order valence-electron chi connectivity index (χ1n) is 9.29. The van der Waals surface area contributed by atoms with Crippen molar-refractivity contribution in [2.24, 2.45) is 0 Å². The lowest BCUT2D eigenvalue weighted by Crippen LogP contribution is -2.17. The Labute approximate surface area is 178 Å². The van der Waals surface area contributed by atoms with Gasteiger partial charge in [0.25, 0.3) is 0 Å². The van der Waals surface area contributed by atoms with E-state index in [2.05, 4.69) is 0 Å². The second-order valence-electron chi connectivity index (χ2n) is 6.69. The average molecular weight is 444 g/mol. The molecule has 32 heavy (non-hydrogen) atoms. The molecule has 0 bridgehead atoms. The number of hydrogen-bond acceptors (Lipinski definition) is 5. The van der Waals surface area contributed by atoms with E-state index in [0.29, 0.717) is 22.8 Å². The van der Waals surface area contributed by atoms with Gasteiger partial charge in [-0.1, -0.05) is 18.2 Å². The first-order chi connectivity index (χ1) is 15.3. The predicted octanol–water partition coefficient (Wildman–Crippen LogP) is 4.78. The average Bonchev–Trinajstić information content (AvgIpc) is 3.06. The van der Waals surface area contributed by atoms with Crippen molar-refractivity contribution in [3.63, 3.8) is 0 Å². The Bertz CT molecular complexity index is 1320. The van der Waals surface area contributed by atoms with Crippen molar-refractivity contribution < 1.29 is 27.2 Å². The molecule has 0 radical (unpaired) electrons. The quantitative estimate of drug-likeness (QED) is 0.463. The van der Waals surface area contributed by atoms with E-state index in [1.54, 1.807) is 48.5 Å². The van der Waals surface area contributed by atoms with E-state index in [1.807, 2.05) is 4.98 Å². The summed E-state index contributed by atoms with van der Waals surface area (Å²) in [6.45, 7) is 0.0777. The third kappa shape index (κ3) is 5.09. The summed E-state index contributed by atoms with van der Waals surface area (Å²) < 4.78 is 55.0. The van der Waals surface area contributed by atoms with Gasteiger partial charge in [0, 0.05) is 6.07 Å². The second kappa shape index (κ2) is 8.50.